The van der Waals surface area contributed by atoms with Crippen LogP contribution in [-0.2, 0) is 24.1 Å². The van der Waals surface area contributed by atoms with Gasteiger partial charge in [0.25, 0.3) is 0 Å². The molecule has 0 saturated carbocycles. The third-order valence-electron chi connectivity index (χ3n) is 3.17. The van der Waals surface area contributed by atoms with Crippen LogP contribution in [0.15, 0.2) is 43.0 Å². The summed E-state index contributed by atoms with van der Waals surface area (Å²) in [6, 6.07) is 8.13. The molecule has 0 aliphatic carbocycles. The van der Waals surface area contributed by atoms with Crippen molar-refractivity contribution in [2.45, 2.75) is 45.1 Å². The average Bonchev–Trinajstić information content (AvgIpc) is 2.56. The van der Waals surface area contributed by atoms with Gasteiger partial charge >= 0.3 is 45.9 Å². The van der Waals surface area contributed by atoms with Crippen molar-refractivity contribution in [1.29, 1.82) is 0 Å². The molecule has 1 atom stereocenters. The third-order valence-corrected chi connectivity index (χ3v) is 4.02. The summed E-state index contributed by atoms with van der Waals surface area (Å²) < 4.78 is 38.2. The van der Waals surface area contributed by atoms with Crippen LogP contribution in [0.5, 0.6) is 5.75 Å². The molecule has 0 aromatic heterocycles. The van der Waals surface area contributed by atoms with Crippen molar-refractivity contribution in [3.05, 3.63) is 43.0 Å². The smallest absolute Gasteiger partial charge is 1.00 e. The molecular formula is C17H25NaO6S. The molecule has 0 radical (unpaired) electrons. The van der Waals surface area contributed by atoms with Crippen molar-refractivity contribution >= 4 is 16.4 Å². The van der Waals surface area contributed by atoms with E-state index in [-0.39, 0.29) is 49.4 Å². The van der Waals surface area contributed by atoms with Gasteiger partial charge in [0.05, 0.1) is 6.61 Å². The standard InChI is InChI=1S/C17H24O6S.Na.H/c1-3-5-10-15(22-17(18)4-2)13-9-14-21-24(19,20)23-16-11-7-6-8-12-16;;/h4,6-8,11-12,15H,2-3,5,9-10,13-14H2,1H3;;/q;+1;-1. The molecule has 136 valence electrons. The van der Waals surface area contributed by atoms with E-state index in [4.69, 9.17) is 13.1 Å². The summed E-state index contributed by atoms with van der Waals surface area (Å²) in [4.78, 5) is 11.3. The number of carbonyl (C=O) groups excluding carboxylic acids is 1. The topological polar surface area (TPSA) is 78.9 Å². The largest absolute Gasteiger partial charge is 1.00 e. The number of rotatable bonds is 12. The molecule has 0 fully saturated rings. The Balaban J connectivity index is 0. The van der Waals surface area contributed by atoms with Crippen LogP contribution in [0.25, 0.3) is 0 Å². The van der Waals surface area contributed by atoms with Crippen LogP contribution < -0.4 is 33.7 Å². The Morgan fingerprint density at radius 3 is 2.48 bits per heavy atom. The zero-order chi connectivity index (χ0) is 17.8. The number of hydrogen-bond donors (Lipinski definition) is 0. The SMILES string of the molecule is C=CC(=O)OC(CCCC)CCCOS(=O)(=O)Oc1ccccc1.[H-].[Na+]. The predicted octanol–water partition coefficient (Wildman–Crippen LogP) is 0.512. The summed E-state index contributed by atoms with van der Waals surface area (Å²) in [6.45, 7) is 5.37. The fourth-order valence-electron chi connectivity index (χ4n) is 2.00. The normalized spacial score (nSPS) is 11.9. The number of para-hydroxylation sites is 1. The first-order valence-electron chi connectivity index (χ1n) is 7.93. The van der Waals surface area contributed by atoms with Crippen LogP contribution in [0, 0.1) is 0 Å². The Morgan fingerprint density at radius 2 is 1.88 bits per heavy atom. The first-order chi connectivity index (χ1) is 11.5. The van der Waals surface area contributed by atoms with Crippen LogP contribution >= 0.6 is 0 Å². The summed E-state index contributed by atoms with van der Waals surface area (Å²) in [6.07, 6.45) is 4.42. The Hall–Kier alpha value is -0.860. The summed E-state index contributed by atoms with van der Waals surface area (Å²) in [5, 5.41) is 0. The molecule has 1 aromatic rings. The van der Waals surface area contributed by atoms with Gasteiger partial charge in [0.2, 0.25) is 0 Å². The zero-order valence-electron chi connectivity index (χ0n) is 15.8. The van der Waals surface area contributed by atoms with Gasteiger partial charge in [-0.25, -0.2) is 8.98 Å². The zero-order valence-corrected chi connectivity index (χ0v) is 17.7. The van der Waals surface area contributed by atoms with Crippen LogP contribution in [-0.4, -0.2) is 27.1 Å². The second-order valence-electron chi connectivity index (χ2n) is 5.17. The van der Waals surface area contributed by atoms with Crippen molar-refractivity contribution < 1.29 is 57.3 Å². The van der Waals surface area contributed by atoms with Crippen LogP contribution in [0.2, 0.25) is 0 Å². The maximum absolute atomic E-state index is 11.7. The average molecular weight is 380 g/mol. The summed E-state index contributed by atoms with van der Waals surface area (Å²) in [5.41, 5.74) is 0. The van der Waals surface area contributed by atoms with E-state index in [1.807, 2.05) is 6.92 Å². The van der Waals surface area contributed by atoms with E-state index in [2.05, 4.69) is 6.58 Å². The minimum absolute atomic E-state index is 0. The molecule has 0 bridgehead atoms. The Morgan fingerprint density at radius 1 is 1.24 bits per heavy atom. The maximum atomic E-state index is 11.7. The van der Waals surface area contributed by atoms with Gasteiger partial charge in [-0.3, -0.25) is 0 Å². The molecule has 0 aliphatic heterocycles. The molecule has 0 saturated heterocycles. The molecule has 0 amide bonds. The second kappa shape index (κ2) is 13.4. The van der Waals surface area contributed by atoms with Crippen LogP contribution in [0.1, 0.15) is 40.5 Å². The Kier molecular flexibility index (Phi) is 12.9. The number of esters is 1. The van der Waals surface area contributed by atoms with E-state index in [9.17, 15) is 13.2 Å². The molecule has 8 heteroatoms. The molecule has 0 aliphatic rings. The number of ether oxygens (including phenoxy) is 1. The van der Waals surface area contributed by atoms with Gasteiger partial charge in [-0.05, 0) is 31.4 Å². The number of unbranched alkanes of at least 4 members (excludes halogenated alkanes) is 1. The molecule has 6 nitrogen and oxygen atoms in total. The van der Waals surface area contributed by atoms with Crippen LogP contribution in [0.4, 0.5) is 0 Å². The number of benzene rings is 1. The van der Waals surface area contributed by atoms with E-state index < -0.39 is 16.4 Å². The van der Waals surface area contributed by atoms with Crippen molar-refractivity contribution in [2.75, 3.05) is 6.61 Å². The van der Waals surface area contributed by atoms with Crippen molar-refractivity contribution in [3.63, 3.8) is 0 Å². The fourth-order valence-corrected chi connectivity index (χ4v) is 2.71. The predicted molar refractivity (Wildman–Crippen MR) is 91.9 cm³/mol. The van der Waals surface area contributed by atoms with E-state index in [1.165, 1.54) is 12.1 Å². The number of hydrogen-bond acceptors (Lipinski definition) is 6. The molecule has 1 rings (SSSR count). The fraction of sp³-hybridized carbons (Fsp3) is 0.471. The maximum Gasteiger partial charge on any atom is 1.00 e. The minimum Gasteiger partial charge on any atom is -1.00 e. The monoisotopic (exact) mass is 380 g/mol. The van der Waals surface area contributed by atoms with Crippen molar-refractivity contribution in [2.24, 2.45) is 0 Å². The van der Waals surface area contributed by atoms with Crippen molar-refractivity contribution in [1.82, 2.24) is 0 Å². The van der Waals surface area contributed by atoms with Gasteiger partial charge < -0.3 is 10.3 Å². The molecular weight excluding hydrogens is 355 g/mol. The number of carbonyl (C=O) groups is 1. The summed E-state index contributed by atoms with van der Waals surface area (Å²) >= 11 is 0. The molecule has 25 heavy (non-hydrogen) atoms. The van der Waals surface area contributed by atoms with Gasteiger partial charge in [-0.1, -0.05) is 44.5 Å². The first-order valence-corrected chi connectivity index (χ1v) is 9.27. The molecule has 0 N–H and O–H groups in total. The summed E-state index contributed by atoms with van der Waals surface area (Å²) in [5.74, 6) is -0.282. The first kappa shape index (κ1) is 24.1. The van der Waals surface area contributed by atoms with Gasteiger partial charge in [0.1, 0.15) is 11.9 Å². The van der Waals surface area contributed by atoms with Gasteiger partial charge in [-0.15, -0.1) is 0 Å². The minimum atomic E-state index is -4.10. The van der Waals surface area contributed by atoms with E-state index in [0.717, 1.165) is 25.3 Å². The molecule has 1 unspecified atom stereocenters. The van der Waals surface area contributed by atoms with Gasteiger partial charge in [0, 0.05) is 6.08 Å². The Labute approximate surface area is 173 Å². The van der Waals surface area contributed by atoms with Crippen molar-refractivity contribution in [3.8, 4) is 5.75 Å². The third kappa shape index (κ3) is 11.4. The van der Waals surface area contributed by atoms with Gasteiger partial charge in [0.15, 0.2) is 0 Å². The van der Waals surface area contributed by atoms with E-state index in [1.54, 1.807) is 18.2 Å². The molecule has 1 aromatic carbocycles. The Bertz CT molecular complexity index is 609. The van der Waals surface area contributed by atoms with E-state index in [0.29, 0.717) is 12.8 Å². The van der Waals surface area contributed by atoms with Crippen LogP contribution in [0.3, 0.4) is 0 Å². The second-order valence-corrected chi connectivity index (χ2v) is 6.39. The molecule has 0 heterocycles. The van der Waals surface area contributed by atoms with E-state index >= 15 is 0 Å². The molecule has 0 spiro atoms. The summed E-state index contributed by atoms with van der Waals surface area (Å²) in [7, 11) is -4.10. The van der Waals surface area contributed by atoms with Gasteiger partial charge in [-0.2, -0.15) is 8.42 Å². The quantitative estimate of drug-likeness (QED) is 0.228.